The van der Waals surface area contributed by atoms with Crippen LogP contribution in [0.5, 0.6) is 0 Å². The molecule has 2 aromatic carbocycles. The van der Waals surface area contributed by atoms with Crippen LogP contribution in [-0.4, -0.2) is 35.0 Å². The third-order valence-electron chi connectivity index (χ3n) is 6.03. The van der Waals surface area contributed by atoms with Crippen molar-refractivity contribution in [1.29, 1.82) is 0 Å². The number of rotatable bonds is 3. The van der Waals surface area contributed by atoms with E-state index in [2.05, 4.69) is 10.6 Å². The molecule has 4 rings (SSSR count). The Morgan fingerprint density at radius 1 is 1.00 bits per heavy atom. The first-order chi connectivity index (χ1) is 14.0. The van der Waals surface area contributed by atoms with Crippen LogP contribution in [0.15, 0.2) is 48.5 Å². The fraction of sp³-hybridized carbons (Fsp3) is 0.391. The van der Waals surface area contributed by atoms with E-state index < -0.39 is 0 Å². The van der Waals surface area contributed by atoms with Crippen LogP contribution < -0.4 is 10.6 Å². The lowest BCUT2D eigenvalue weighted by Gasteiger charge is -2.48. The maximum atomic E-state index is 13.1. The summed E-state index contributed by atoms with van der Waals surface area (Å²) in [7, 11) is 0. The first kappa shape index (κ1) is 19.4. The molecular formula is C23H26FN3O2. The lowest BCUT2D eigenvalue weighted by Crippen LogP contribution is -2.59. The van der Waals surface area contributed by atoms with Crippen molar-refractivity contribution in [2.24, 2.45) is 0 Å². The smallest absolute Gasteiger partial charge is 0.322 e. The highest BCUT2D eigenvalue weighted by Crippen LogP contribution is 2.34. The summed E-state index contributed by atoms with van der Waals surface area (Å²) >= 11 is 0. The number of aryl methyl sites for hydroxylation is 1. The summed E-state index contributed by atoms with van der Waals surface area (Å²) in [6.07, 6.45) is 4.47. The summed E-state index contributed by atoms with van der Waals surface area (Å²) in [6, 6.07) is 13.5. The van der Waals surface area contributed by atoms with Crippen LogP contribution in [0.1, 0.15) is 48.0 Å². The monoisotopic (exact) mass is 395 g/mol. The molecule has 2 N–H and O–H groups in total. The van der Waals surface area contributed by atoms with Crippen LogP contribution >= 0.6 is 0 Å². The van der Waals surface area contributed by atoms with Crippen molar-refractivity contribution in [2.75, 3.05) is 5.32 Å². The van der Waals surface area contributed by atoms with E-state index >= 15 is 0 Å². The Bertz CT molecular complexity index is 885. The molecule has 0 radical (unpaired) electrons. The topological polar surface area (TPSA) is 61.4 Å². The third kappa shape index (κ3) is 4.26. The van der Waals surface area contributed by atoms with Gasteiger partial charge in [0.05, 0.1) is 0 Å². The molecule has 3 amide bonds. The number of piperidine rings is 2. The van der Waals surface area contributed by atoms with E-state index in [1.807, 2.05) is 36.1 Å². The van der Waals surface area contributed by atoms with Gasteiger partial charge in [0.15, 0.2) is 0 Å². The number of carbonyl (C=O) groups is 2. The van der Waals surface area contributed by atoms with Gasteiger partial charge in [-0.1, -0.05) is 18.2 Å². The minimum absolute atomic E-state index is 0.0459. The van der Waals surface area contributed by atoms with Crippen LogP contribution in [0.4, 0.5) is 14.9 Å². The van der Waals surface area contributed by atoms with Gasteiger partial charge in [-0.25, -0.2) is 9.18 Å². The summed E-state index contributed by atoms with van der Waals surface area (Å²) in [5, 5.41) is 6.07. The molecule has 0 saturated carbocycles. The van der Waals surface area contributed by atoms with E-state index in [-0.39, 0.29) is 35.9 Å². The van der Waals surface area contributed by atoms with Gasteiger partial charge in [-0.2, -0.15) is 0 Å². The average Bonchev–Trinajstić information content (AvgIpc) is 2.69. The van der Waals surface area contributed by atoms with Crippen LogP contribution in [0.2, 0.25) is 0 Å². The zero-order valence-electron chi connectivity index (χ0n) is 16.5. The number of amides is 3. The van der Waals surface area contributed by atoms with Gasteiger partial charge in [-0.05, 0) is 74.9 Å². The second-order valence-electron chi connectivity index (χ2n) is 8.04. The molecule has 2 heterocycles. The Kier molecular flexibility index (Phi) is 5.51. The minimum atomic E-state index is -0.329. The van der Waals surface area contributed by atoms with E-state index in [9.17, 15) is 14.0 Å². The molecular weight excluding hydrogens is 369 g/mol. The molecule has 152 valence electrons. The van der Waals surface area contributed by atoms with Crippen molar-refractivity contribution in [3.8, 4) is 0 Å². The van der Waals surface area contributed by atoms with Crippen molar-refractivity contribution in [3.05, 3.63) is 65.5 Å². The lowest BCUT2D eigenvalue weighted by molar-refractivity contribution is 0.0577. The van der Waals surface area contributed by atoms with E-state index in [1.165, 1.54) is 12.1 Å². The molecule has 2 unspecified atom stereocenters. The molecule has 5 nitrogen and oxygen atoms in total. The molecule has 29 heavy (non-hydrogen) atoms. The van der Waals surface area contributed by atoms with Crippen LogP contribution in [0.3, 0.4) is 0 Å². The number of carbonyl (C=O) groups excluding carboxylic acids is 2. The Balaban J connectivity index is 1.42. The quantitative estimate of drug-likeness (QED) is 0.805. The molecule has 2 aromatic rings. The number of nitrogens with one attached hydrogen (secondary N) is 2. The fourth-order valence-electron chi connectivity index (χ4n) is 4.64. The predicted molar refractivity (Wildman–Crippen MR) is 110 cm³/mol. The Hall–Kier alpha value is -2.89. The standard InChI is InChI=1S/C23H26FN3O2/c1-15-5-2-3-8-21(15)22(28)25-18-13-19-6-4-7-20(14-18)27(19)23(29)26-17-11-9-16(24)10-12-17/h2-3,5,8-12,18-20H,4,6-7,13-14H2,1H3,(H,25,28)(H,26,29). The van der Waals surface area contributed by atoms with Crippen LogP contribution in [0.25, 0.3) is 0 Å². The first-order valence-electron chi connectivity index (χ1n) is 10.2. The molecule has 0 aliphatic carbocycles. The second-order valence-corrected chi connectivity index (χ2v) is 8.04. The molecule has 0 spiro atoms. The van der Waals surface area contributed by atoms with E-state index in [0.29, 0.717) is 11.3 Å². The van der Waals surface area contributed by atoms with Crippen LogP contribution in [0, 0.1) is 12.7 Å². The SMILES string of the molecule is Cc1ccccc1C(=O)NC1CC2CCCC(C1)N2C(=O)Nc1ccc(F)cc1. The largest absolute Gasteiger partial charge is 0.349 e. The van der Waals surface area contributed by atoms with Crippen LogP contribution in [-0.2, 0) is 0 Å². The van der Waals surface area contributed by atoms with Crippen molar-refractivity contribution < 1.29 is 14.0 Å². The van der Waals surface area contributed by atoms with Gasteiger partial charge in [-0.15, -0.1) is 0 Å². The number of benzene rings is 2. The third-order valence-corrected chi connectivity index (χ3v) is 6.03. The number of hydrogen-bond acceptors (Lipinski definition) is 2. The Morgan fingerprint density at radius 2 is 1.66 bits per heavy atom. The van der Waals surface area contributed by atoms with Crippen molar-refractivity contribution >= 4 is 17.6 Å². The zero-order valence-corrected chi connectivity index (χ0v) is 16.5. The van der Waals surface area contributed by atoms with Crippen molar-refractivity contribution in [3.63, 3.8) is 0 Å². The molecule has 2 aliphatic rings. The summed E-state index contributed by atoms with van der Waals surface area (Å²) in [6.45, 7) is 1.94. The van der Waals surface area contributed by atoms with Gasteiger partial charge in [0.25, 0.3) is 5.91 Å². The highest BCUT2D eigenvalue weighted by Gasteiger charge is 2.41. The van der Waals surface area contributed by atoms with Gasteiger partial charge in [0.1, 0.15) is 5.82 Å². The number of anilines is 1. The number of fused-ring (bicyclic) bond motifs is 2. The highest BCUT2D eigenvalue weighted by atomic mass is 19.1. The predicted octanol–water partition coefficient (Wildman–Crippen LogP) is 4.48. The minimum Gasteiger partial charge on any atom is -0.349 e. The maximum absolute atomic E-state index is 13.1. The summed E-state index contributed by atoms with van der Waals surface area (Å²) in [5.74, 6) is -0.375. The van der Waals surface area contributed by atoms with Gasteiger partial charge in [0.2, 0.25) is 0 Å². The molecule has 2 aliphatic heterocycles. The molecule has 2 atom stereocenters. The number of hydrogen-bond donors (Lipinski definition) is 2. The van der Waals surface area contributed by atoms with Crippen molar-refractivity contribution in [1.82, 2.24) is 10.2 Å². The summed E-state index contributed by atoms with van der Waals surface area (Å²) in [5.41, 5.74) is 2.25. The lowest BCUT2D eigenvalue weighted by atomic mass is 9.82. The Morgan fingerprint density at radius 3 is 2.31 bits per heavy atom. The second kappa shape index (κ2) is 8.23. The normalized spacial score (nSPS) is 23.4. The van der Waals surface area contributed by atoms with Gasteiger partial charge in [-0.3, -0.25) is 4.79 Å². The zero-order chi connectivity index (χ0) is 20.4. The molecule has 6 heteroatoms. The first-order valence-corrected chi connectivity index (χ1v) is 10.2. The van der Waals surface area contributed by atoms with Gasteiger partial charge < -0.3 is 15.5 Å². The van der Waals surface area contributed by atoms with E-state index in [0.717, 1.165) is 37.7 Å². The molecule has 2 saturated heterocycles. The van der Waals surface area contributed by atoms with E-state index in [1.54, 1.807) is 12.1 Å². The summed E-state index contributed by atoms with van der Waals surface area (Å²) < 4.78 is 13.1. The number of urea groups is 1. The fourth-order valence-corrected chi connectivity index (χ4v) is 4.64. The number of nitrogens with zero attached hydrogens (tertiary/aromatic N) is 1. The van der Waals surface area contributed by atoms with Gasteiger partial charge >= 0.3 is 6.03 Å². The number of halogens is 1. The highest BCUT2D eigenvalue weighted by molar-refractivity contribution is 5.95. The average molecular weight is 395 g/mol. The van der Waals surface area contributed by atoms with Gasteiger partial charge in [0, 0.05) is 29.4 Å². The van der Waals surface area contributed by atoms with Crippen molar-refractivity contribution in [2.45, 2.75) is 57.2 Å². The summed E-state index contributed by atoms with van der Waals surface area (Å²) in [4.78, 5) is 27.5. The Labute approximate surface area is 170 Å². The maximum Gasteiger partial charge on any atom is 0.322 e. The molecule has 2 fully saturated rings. The van der Waals surface area contributed by atoms with E-state index in [4.69, 9.17) is 0 Å². The molecule has 2 bridgehead atoms. The molecule has 0 aromatic heterocycles.